The van der Waals surface area contributed by atoms with Crippen molar-refractivity contribution in [2.75, 3.05) is 18.7 Å². The minimum Gasteiger partial charge on any atom is -0.496 e. The number of carboxylic acids is 1. The fourth-order valence-electron chi connectivity index (χ4n) is 1.93. The SMILES string of the molecule is COc1ccccc1/C=C/C(=O)N1CSCC1C(=O)O. The molecule has 1 saturated heterocycles. The van der Waals surface area contributed by atoms with Gasteiger partial charge in [-0.25, -0.2) is 4.79 Å². The van der Waals surface area contributed by atoms with Crippen LogP contribution in [0.5, 0.6) is 5.75 Å². The van der Waals surface area contributed by atoms with Gasteiger partial charge in [0, 0.05) is 17.4 Å². The molecular formula is C14H15NO4S. The largest absolute Gasteiger partial charge is 0.496 e. The Morgan fingerprint density at radius 1 is 1.45 bits per heavy atom. The van der Waals surface area contributed by atoms with Gasteiger partial charge in [-0.1, -0.05) is 18.2 Å². The highest BCUT2D eigenvalue weighted by atomic mass is 32.2. The van der Waals surface area contributed by atoms with Gasteiger partial charge in [0.1, 0.15) is 11.8 Å². The Morgan fingerprint density at radius 2 is 2.20 bits per heavy atom. The van der Waals surface area contributed by atoms with Crippen LogP contribution in [-0.2, 0) is 9.59 Å². The number of nitrogens with zero attached hydrogens (tertiary/aromatic N) is 1. The van der Waals surface area contributed by atoms with Crippen molar-refractivity contribution in [3.63, 3.8) is 0 Å². The number of para-hydroxylation sites is 1. The number of hydrogen-bond acceptors (Lipinski definition) is 4. The van der Waals surface area contributed by atoms with Gasteiger partial charge in [-0.15, -0.1) is 11.8 Å². The predicted molar refractivity (Wildman–Crippen MR) is 77.6 cm³/mol. The topological polar surface area (TPSA) is 66.8 Å². The third-order valence-electron chi connectivity index (χ3n) is 2.99. The molecule has 0 radical (unpaired) electrons. The van der Waals surface area contributed by atoms with E-state index < -0.39 is 12.0 Å². The number of ether oxygens (including phenoxy) is 1. The smallest absolute Gasteiger partial charge is 0.327 e. The van der Waals surface area contributed by atoms with Crippen LogP contribution in [0.2, 0.25) is 0 Å². The highest BCUT2D eigenvalue weighted by Gasteiger charge is 2.33. The van der Waals surface area contributed by atoms with Gasteiger partial charge in [0.2, 0.25) is 5.91 Å². The zero-order valence-corrected chi connectivity index (χ0v) is 11.8. The summed E-state index contributed by atoms with van der Waals surface area (Å²) in [5.41, 5.74) is 0.780. The van der Waals surface area contributed by atoms with E-state index in [4.69, 9.17) is 9.84 Å². The summed E-state index contributed by atoms with van der Waals surface area (Å²) in [6.07, 6.45) is 3.03. The first kappa shape index (κ1) is 14.5. The molecule has 0 aliphatic carbocycles. The van der Waals surface area contributed by atoms with Crippen molar-refractivity contribution >= 4 is 29.7 Å². The second kappa shape index (κ2) is 6.47. The summed E-state index contributed by atoms with van der Waals surface area (Å²) in [6.45, 7) is 0. The van der Waals surface area contributed by atoms with E-state index in [9.17, 15) is 9.59 Å². The quantitative estimate of drug-likeness (QED) is 0.856. The molecule has 0 spiro atoms. The number of benzene rings is 1. The van der Waals surface area contributed by atoms with Crippen LogP contribution >= 0.6 is 11.8 Å². The summed E-state index contributed by atoms with van der Waals surface area (Å²) < 4.78 is 5.19. The molecule has 1 atom stereocenters. The van der Waals surface area contributed by atoms with E-state index >= 15 is 0 Å². The summed E-state index contributed by atoms with van der Waals surface area (Å²) in [6, 6.07) is 6.58. The fraction of sp³-hybridized carbons (Fsp3) is 0.286. The molecule has 1 fully saturated rings. The van der Waals surface area contributed by atoms with Crippen LogP contribution in [0.25, 0.3) is 6.08 Å². The Hall–Kier alpha value is -1.95. The van der Waals surface area contributed by atoms with Crippen molar-refractivity contribution < 1.29 is 19.4 Å². The van der Waals surface area contributed by atoms with Gasteiger partial charge in [-0.3, -0.25) is 4.79 Å². The van der Waals surface area contributed by atoms with Crippen LogP contribution in [0.1, 0.15) is 5.56 Å². The third-order valence-corrected chi connectivity index (χ3v) is 4.01. The molecule has 106 valence electrons. The second-order valence-electron chi connectivity index (χ2n) is 4.24. The molecule has 0 bridgehead atoms. The highest BCUT2D eigenvalue weighted by Crippen LogP contribution is 2.22. The minimum atomic E-state index is -0.964. The molecule has 0 aromatic heterocycles. The Kier molecular flexibility index (Phi) is 4.68. The molecule has 5 nitrogen and oxygen atoms in total. The van der Waals surface area contributed by atoms with Crippen LogP contribution < -0.4 is 4.74 Å². The lowest BCUT2D eigenvalue weighted by atomic mass is 10.2. The molecule has 0 saturated carbocycles. The molecule has 1 aromatic carbocycles. The van der Waals surface area contributed by atoms with Gasteiger partial charge in [-0.2, -0.15) is 0 Å². The normalized spacial score (nSPS) is 18.4. The predicted octanol–water partition coefficient (Wildman–Crippen LogP) is 1.69. The van der Waals surface area contributed by atoms with Crippen molar-refractivity contribution in [1.29, 1.82) is 0 Å². The molecule has 6 heteroatoms. The summed E-state index contributed by atoms with van der Waals surface area (Å²) >= 11 is 1.44. The van der Waals surface area contributed by atoms with Crippen LogP contribution in [0.3, 0.4) is 0 Å². The van der Waals surface area contributed by atoms with Gasteiger partial charge in [0.15, 0.2) is 0 Å². The number of hydrogen-bond donors (Lipinski definition) is 1. The first-order valence-corrected chi connectivity index (χ1v) is 7.21. The summed E-state index contributed by atoms with van der Waals surface area (Å²) in [5.74, 6) is 0.250. The van der Waals surface area contributed by atoms with E-state index in [1.54, 1.807) is 19.3 Å². The Bertz CT molecular complexity index is 544. The maximum absolute atomic E-state index is 12.1. The van der Waals surface area contributed by atoms with E-state index in [0.717, 1.165) is 5.56 Å². The first-order chi connectivity index (χ1) is 9.63. The number of carbonyl (C=O) groups excluding carboxylic acids is 1. The summed E-state index contributed by atoms with van der Waals surface area (Å²) in [4.78, 5) is 24.5. The second-order valence-corrected chi connectivity index (χ2v) is 5.24. The van der Waals surface area contributed by atoms with Crippen molar-refractivity contribution in [1.82, 2.24) is 4.90 Å². The van der Waals surface area contributed by atoms with Gasteiger partial charge in [0.05, 0.1) is 13.0 Å². The molecule has 1 N–H and O–H groups in total. The average Bonchev–Trinajstić information content (AvgIpc) is 2.94. The van der Waals surface area contributed by atoms with Crippen molar-refractivity contribution in [3.8, 4) is 5.75 Å². The van der Waals surface area contributed by atoms with Gasteiger partial charge in [0.25, 0.3) is 0 Å². The zero-order valence-electron chi connectivity index (χ0n) is 11.0. The van der Waals surface area contributed by atoms with Gasteiger partial charge in [-0.05, 0) is 12.1 Å². The fourth-order valence-corrected chi connectivity index (χ4v) is 3.08. The third kappa shape index (κ3) is 3.14. The zero-order chi connectivity index (χ0) is 14.5. The van der Waals surface area contributed by atoms with E-state index in [1.807, 2.05) is 18.2 Å². The molecule has 1 amide bonds. The van der Waals surface area contributed by atoms with Crippen LogP contribution in [-0.4, -0.2) is 46.7 Å². The number of thioether (sulfide) groups is 1. The van der Waals surface area contributed by atoms with E-state index in [0.29, 0.717) is 17.4 Å². The average molecular weight is 293 g/mol. The summed E-state index contributed by atoms with van der Waals surface area (Å²) in [5, 5.41) is 9.05. The highest BCUT2D eigenvalue weighted by molar-refractivity contribution is 7.99. The molecule has 1 aliphatic rings. The summed E-state index contributed by atoms with van der Waals surface area (Å²) in [7, 11) is 1.56. The lowest BCUT2D eigenvalue weighted by Gasteiger charge is -2.18. The molecule has 2 rings (SSSR count). The van der Waals surface area contributed by atoms with Crippen molar-refractivity contribution in [3.05, 3.63) is 35.9 Å². The first-order valence-electron chi connectivity index (χ1n) is 6.05. The monoisotopic (exact) mass is 293 g/mol. The van der Waals surface area contributed by atoms with Gasteiger partial charge < -0.3 is 14.7 Å². The lowest BCUT2D eigenvalue weighted by molar-refractivity contribution is -0.146. The van der Waals surface area contributed by atoms with Crippen LogP contribution in [0.4, 0.5) is 0 Å². The van der Waals surface area contributed by atoms with E-state index in [1.165, 1.54) is 22.7 Å². The molecule has 1 aliphatic heterocycles. The number of carboxylic acid groups (broad SMARTS) is 1. The van der Waals surface area contributed by atoms with Gasteiger partial charge >= 0.3 is 5.97 Å². The Labute approximate surface area is 121 Å². The number of amides is 1. The number of carbonyl (C=O) groups is 2. The molecular weight excluding hydrogens is 278 g/mol. The standard InChI is InChI=1S/C14H15NO4S/c1-19-12-5-3-2-4-10(12)6-7-13(16)15-9-20-8-11(15)14(17)18/h2-7,11H,8-9H2,1H3,(H,17,18)/b7-6+. The van der Waals surface area contributed by atoms with E-state index in [2.05, 4.69) is 0 Å². The van der Waals surface area contributed by atoms with Crippen LogP contribution in [0.15, 0.2) is 30.3 Å². The molecule has 1 aromatic rings. The molecule has 1 heterocycles. The Balaban J connectivity index is 2.11. The van der Waals surface area contributed by atoms with E-state index in [-0.39, 0.29) is 5.91 Å². The maximum Gasteiger partial charge on any atom is 0.327 e. The minimum absolute atomic E-state index is 0.298. The van der Waals surface area contributed by atoms with Crippen molar-refractivity contribution in [2.45, 2.75) is 6.04 Å². The number of aliphatic carboxylic acids is 1. The van der Waals surface area contributed by atoms with Crippen molar-refractivity contribution in [2.24, 2.45) is 0 Å². The lowest BCUT2D eigenvalue weighted by Crippen LogP contribution is -2.40. The number of methoxy groups -OCH3 is 1. The number of rotatable bonds is 4. The molecule has 1 unspecified atom stereocenters. The Morgan fingerprint density at radius 3 is 2.90 bits per heavy atom. The molecule has 20 heavy (non-hydrogen) atoms. The maximum atomic E-state index is 12.1. The van der Waals surface area contributed by atoms with Crippen LogP contribution in [0, 0.1) is 0 Å².